The Kier molecular flexibility index (Phi) is 6.01. The topological polar surface area (TPSA) is 85.9 Å². The Morgan fingerprint density at radius 2 is 1.85 bits per heavy atom. The van der Waals surface area contributed by atoms with Crippen molar-refractivity contribution >= 4 is 15.9 Å². The average molecular weight is 383 g/mol. The molecule has 1 amide bonds. The maximum absolute atomic E-state index is 13.0. The van der Waals surface area contributed by atoms with Crippen LogP contribution in [-0.4, -0.2) is 68.8 Å². The summed E-state index contributed by atoms with van der Waals surface area (Å²) in [5.74, 6) is -0.637. The Hall–Kier alpha value is -2.02. The number of halogens is 1. The molecule has 1 aliphatic rings. The van der Waals surface area contributed by atoms with Gasteiger partial charge >= 0.3 is 0 Å². The Bertz CT molecular complexity index is 794. The molecule has 0 spiro atoms. The number of hydrogen-bond donors (Lipinski definition) is 1. The van der Waals surface area contributed by atoms with Crippen LogP contribution in [0.2, 0.25) is 0 Å². The van der Waals surface area contributed by atoms with Gasteiger partial charge in [0.1, 0.15) is 11.4 Å². The van der Waals surface area contributed by atoms with Gasteiger partial charge in [0, 0.05) is 7.05 Å². The Labute approximate surface area is 153 Å². The largest absolute Gasteiger partial charge is 0.325 e. The van der Waals surface area contributed by atoms with E-state index in [-0.39, 0.29) is 30.4 Å². The molecule has 1 aliphatic heterocycles. The fourth-order valence-corrected chi connectivity index (χ4v) is 4.14. The van der Waals surface area contributed by atoms with Crippen LogP contribution in [0.5, 0.6) is 0 Å². The summed E-state index contributed by atoms with van der Waals surface area (Å²) in [6.45, 7) is 5.12. The second-order valence-corrected chi connectivity index (χ2v) is 8.85. The molecule has 0 atom stereocenters. The zero-order chi connectivity index (χ0) is 19.5. The summed E-state index contributed by atoms with van der Waals surface area (Å²) in [6.07, 6.45) is 0. The number of benzene rings is 1. The Balaban J connectivity index is 1.96. The summed E-state index contributed by atoms with van der Waals surface area (Å²) in [5.41, 5.74) is -0.885. The van der Waals surface area contributed by atoms with E-state index in [1.165, 1.54) is 21.3 Å². The lowest BCUT2D eigenvalue weighted by Gasteiger charge is -2.34. The van der Waals surface area contributed by atoms with Crippen molar-refractivity contribution in [3.8, 4) is 6.07 Å². The number of hydrogen-bond acceptors (Lipinski definition) is 4. The molecular formula is C17H24FN4O3S+. The van der Waals surface area contributed by atoms with Crippen molar-refractivity contribution in [3.05, 3.63) is 30.1 Å². The Morgan fingerprint density at radius 1 is 1.31 bits per heavy atom. The summed E-state index contributed by atoms with van der Waals surface area (Å²) in [5, 5.41) is 9.12. The highest BCUT2D eigenvalue weighted by Gasteiger charge is 2.33. The van der Waals surface area contributed by atoms with Crippen LogP contribution in [0, 0.1) is 17.1 Å². The lowest BCUT2D eigenvalue weighted by Crippen LogP contribution is -3.15. The third kappa shape index (κ3) is 4.38. The van der Waals surface area contributed by atoms with Crippen molar-refractivity contribution in [1.82, 2.24) is 9.21 Å². The minimum Gasteiger partial charge on any atom is -0.325 e. The molecular weight excluding hydrogens is 359 g/mol. The van der Waals surface area contributed by atoms with Crippen molar-refractivity contribution in [2.75, 3.05) is 39.8 Å². The predicted octanol–water partition coefficient (Wildman–Crippen LogP) is -0.525. The molecule has 0 bridgehead atoms. The van der Waals surface area contributed by atoms with Gasteiger partial charge in [0.05, 0.1) is 37.1 Å². The van der Waals surface area contributed by atoms with E-state index in [4.69, 9.17) is 5.26 Å². The van der Waals surface area contributed by atoms with Crippen LogP contribution in [-0.2, 0) is 14.8 Å². The molecule has 1 N–H and O–H groups in total. The van der Waals surface area contributed by atoms with E-state index in [1.807, 2.05) is 0 Å². The second-order valence-electron chi connectivity index (χ2n) is 6.91. The Morgan fingerprint density at radius 3 is 2.35 bits per heavy atom. The van der Waals surface area contributed by atoms with Crippen molar-refractivity contribution in [1.29, 1.82) is 5.26 Å². The maximum Gasteiger partial charge on any atom is 0.278 e. The fourth-order valence-electron chi connectivity index (χ4n) is 2.69. The number of quaternary nitrogens is 1. The second kappa shape index (κ2) is 7.70. The minimum atomic E-state index is -3.66. The molecule has 1 saturated heterocycles. The quantitative estimate of drug-likeness (QED) is 0.741. The molecule has 1 fully saturated rings. The van der Waals surface area contributed by atoms with Crippen LogP contribution in [0.4, 0.5) is 4.39 Å². The molecule has 1 aromatic rings. The number of sulfonamides is 1. The zero-order valence-electron chi connectivity index (χ0n) is 15.2. The summed E-state index contributed by atoms with van der Waals surface area (Å²) in [4.78, 5) is 14.8. The molecule has 1 heterocycles. The number of nitrogens with zero attached hydrogens (tertiary/aromatic N) is 3. The minimum absolute atomic E-state index is 0.0638. The molecule has 0 aliphatic carbocycles. The first-order valence-corrected chi connectivity index (χ1v) is 9.79. The molecule has 1 aromatic carbocycles. The first-order valence-electron chi connectivity index (χ1n) is 8.35. The van der Waals surface area contributed by atoms with Gasteiger partial charge in [-0.15, -0.1) is 0 Å². The highest BCUT2D eigenvalue weighted by Crippen LogP contribution is 2.16. The number of carbonyl (C=O) groups excluding carboxylic acids is 1. The third-order valence-corrected chi connectivity index (χ3v) is 6.68. The van der Waals surface area contributed by atoms with Gasteiger partial charge in [-0.05, 0) is 38.1 Å². The van der Waals surface area contributed by atoms with Gasteiger partial charge in [-0.1, -0.05) is 0 Å². The van der Waals surface area contributed by atoms with E-state index in [2.05, 4.69) is 6.07 Å². The van der Waals surface area contributed by atoms with E-state index in [1.54, 1.807) is 20.9 Å². The van der Waals surface area contributed by atoms with E-state index < -0.39 is 21.4 Å². The van der Waals surface area contributed by atoms with Crippen LogP contribution < -0.4 is 4.90 Å². The molecule has 26 heavy (non-hydrogen) atoms. The fraction of sp³-hybridized carbons (Fsp3) is 0.529. The van der Waals surface area contributed by atoms with Crippen molar-refractivity contribution in [3.63, 3.8) is 0 Å². The molecule has 2 rings (SSSR count). The van der Waals surface area contributed by atoms with Gasteiger partial charge < -0.3 is 9.80 Å². The highest BCUT2D eigenvalue weighted by atomic mass is 32.2. The van der Waals surface area contributed by atoms with E-state index in [9.17, 15) is 17.6 Å². The smallest absolute Gasteiger partial charge is 0.278 e. The SMILES string of the molecule is CN(C(=O)C[NH+]1CCN(S(=O)(=O)c2ccc(F)cc2)CC1)C(C)(C)C#N. The first kappa shape index (κ1) is 20.3. The van der Waals surface area contributed by atoms with Crippen LogP contribution in [0.1, 0.15) is 13.8 Å². The summed E-state index contributed by atoms with van der Waals surface area (Å²) in [6, 6.07) is 6.85. The lowest BCUT2D eigenvalue weighted by molar-refractivity contribution is -0.896. The van der Waals surface area contributed by atoms with Crippen LogP contribution in [0.3, 0.4) is 0 Å². The molecule has 0 radical (unpaired) electrons. The first-order chi connectivity index (χ1) is 12.1. The normalized spacial score (nSPS) is 16.9. The van der Waals surface area contributed by atoms with Gasteiger partial charge in [0.25, 0.3) is 5.91 Å². The van der Waals surface area contributed by atoms with Gasteiger partial charge in [0.15, 0.2) is 6.54 Å². The zero-order valence-corrected chi connectivity index (χ0v) is 16.0. The number of carbonyl (C=O) groups is 1. The van der Waals surface area contributed by atoms with Crippen molar-refractivity contribution in [2.24, 2.45) is 0 Å². The third-order valence-electron chi connectivity index (χ3n) is 4.77. The number of piperazine rings is 1. The number of amides is 1. The van der Waals surface area contributed by atoms with Crippen LogP contribution in [0.25, 0.3) is 0 Å². The number of rotatable bonds is 5. The molecule has 0 saturated carbocycles. The maximum atomic E-state index is 13.0. The molecule has 7 nitrogen and oxygen atoms in total. The monoisotopic (exact) mass is 383 g/mol. The van der Waals surface area contributed by atoms with Crippen molar-refractivity contribution in [2.45, 2.75) is 24.3 Å². The van der Waals surface area contributed by atoms with Gasteiger partial charge in [-0.25, -0.2) is 12.8 Å². The predicted molar refractivity (Wildman–Crippen MR) is 93.2 cm³/mol. The van der Waals surface area contributed by atoms with Crippen LogP contribution >= 0.6 is 0 Å². The summed E-state index contributed by atoms with van der Waals surface area (Å²) < 4.78 is 39.5. The number of nitrogens with one attached hydrogen (secondary N) is 1. The van der Waals surface area contributed by atoms with E-state index >= 15 is 0 Å². The van der Waals surface area contributed by atoms with Crippen LogP contribution in [0.15, 0.2) is 29.2 Å². The summed E-state index contributed by atoms with van der Waals surface area (Å²) in [7, 11) is -2.06. The standard InChI is InChI=1S/C17H23FN4O3S/c1-17(2,13-19)20(3)16(23)12-21-8-10-22(11-9-21)26(24,25)15-6-4-14(18)5-7-15/h4-7H,8-12H2,1-3H3/p+1. The lowest BCUT2D eigenvalue weighted by atomic mass is 10.1. The van der Waals surface area contributed by atoms with E-state index in [0.29, 0.717) is 13.1 Å². The van der Waals surface area contributed by atoms with Gasteiger partial charge in [0.2, 0.25) is 10.0 Å². The highest BCUT2D eigenvalue weighted by molar-refractivity contribution is 7.89. The average Bonchev–Trinajstić information content (AvgIpc) is 2.61. The van der Waals surface area contributed by atoms with E-state index in [0.717, 1.165) is 17.0 Å². The molecule has 0 aromatic heterocycles. The molecule has 0 unspecified atom stereocenters. The summed E-state index contributed by atoms with van der Waals surface area (Å²) >= 11 is 0. The molecule has 9 heteroatoms. The van der Waals surface area contributed by atoms with Gasteiger partial charge in [-0.2, -0.15) is 9.57 Å². The van der Waals surface area contributed by atoms with Crippen molar-refractivity contribution < 1.29 is 22.5 Å². The van der Waals surface area contributed by atoms with Gasteiger partial charge in [-0.3, -0.25) is 4.79 Å². The molecule has 142 valence electrons. The number of likely N-dealkylation sites (N-methyl/N-ethyl adjacent to an activating group) is 1. The number of nitriles is 1.